The summed E-state index contributed by atoms with van der Waals surface area (Å²) in [5.74, 6) is 0.428. The van der Waals surface area contributed by atoms with Crippen molar-refractivity contribution in [2.75, 3.05) is 0 Å². The normalized spacial score (nSPS) is 20.0. The zero-order chi connectivity index (χ0) is 14.9. The van der Waals surface area contributed by atoms with E-state index in [4.69, 9.17) is 0 Å². The number of fused-ring (bicyclic) bond motifs is 1. The summed E-state index contributed by atoms with van der Waals surface area (Å²) >= 11 is 0. The molecule has 0 bridgehead atoms. The van der Waals surface area contributed by atoms with E-state index in [1.165, 1.54) is 5.56 Å². The van der Waals surface area contributed by atoms with Crippen LogP contribution >= 0.6 is 0 Å². The number of para-hydroxylation sites is 1. The Morgan fingerprint density at radius 2 is 1.91 bits per heavy atom. The predicted molar refractivity (Wildman–Crippen MR) is 83.3 cm³/mol. The fourth-order valence-electron chi connectivity index (χ4n) is 2.85. The van der Waals surface area contributed by atoms with Crippen LogP contribution in [0.5, 0.6) is 0 Å². The van der Waals surface area contributed by atoms with Crippen LogP contribution in [0.2, 0.25) is 0 Å². The van der Waals surface area contributed by atoms with Crippen LogP contribution in [-0.2, 0) is 11.3 Å². The number of carbonyl (C=O) groups excluding carboxylic acids is 1. The van der Waals surface area contributed by atoms with E-state index in [0.29, 0.717) is 5.92 Å². The lowest BCUT2D eigenvalue weighted by Crippen LogP contribution is -2.30. The van der Waals surface area contributed by atoms with E-state index < -0.39 is 0 Å². The van der Waals surface area contributed by atoms with Crippen molar-refractivity contribution in [2.45, 2.75) is 24.9 Å². The van der Waals surface area contributed by atoms with E-state index in [9.17, 15) is 4.79 Å². The number of benzene rings is 2. The highest BCUT2D eigenvalue weighted by Crippen LogP contribution is 2.40. The van der Waals surface area contributed by atoms with Crippen LogP contribution in [0, 0.1) is 0 Å². The van der Waals surface area contributed by atoms with Gasteiger partial charge < -0.3 is 5.32 Å². The number of hydrogen-bond acceptors (Lipinski definition) is 3. The second-order valence-electron chi connectivity index (χ2n) is 5.66. The monoisotopic (exact) mass is 292 g/mol. The molecule has 1 N–H and O–H groups in total. The van der Waals surface area contributed by atoms with Crippen LogP contribution in [0.25, 0.3) is 11.0 Å². The maximum absolute atomic E-state index is 12.2. The summed E-state index contributed by atoms with van der Waals surface area (Å²) in [5.41, 5.74) is 2.98. The van der Waals surface area contributed by atoms with Crippen molar-refractivity contribution < 1.29 is 4.79 Å². The molecule has 22 heavy (non-hydrogen) atoms. The van der Waals surface area contributed by atoms with Crippen LogP contribution < -0.4 is 5.32 Å². The number of nitrogens with one attached hydrogen (secondary N) is 1. The van der Waals surface area contributed by atoms with E-state index in [1.807, 2.05) is 42.5 Å². The Labute approximate surface area is 127 Å². The van der Waals surface area contributed by atoms with Crippen molar-refractivity contribution in [3.63, 3.8) is 0 Å². The molecule has 5 nitrogen and oxygen atoms in total. The largest absolute Gasteiger partial charge is 0.351 e. The molecule has 3 aromatic rings. The first kappa shape index (κ1) is 13.0. The van der Waals surface area contributed by atoms with Crippen LogP contribution in [0.3, 0.4) is 0 Å². The molecule has 0 spiro atoms. The van der Waals surface area contributed by atoms with E-state index in [0.717, 1.165) is 17.5 Å². The molecule has 4 rings (SSSR count). The smallest absolute Gasteiger partial charge is 0.242 e. The van der Waals surface area contributed by atoms with Crippen molar-refractivity contribution >= 4 is 16.9 Å². The quantitative estimate of drug-likeness (QED) is 0.801. The molecule has 0 unspecified atom stereocenters. The summed E-state index contributed by atoms with van der Waals surface area (Å²) in [6.07, 6.45) is 1.01. The van der Waals surface area contributed by atoms with Gasteiger partial charge in [0.2, 0.25) is 5.91 Å². The fourth-order valence-corrected chi connectivity index (χ4v) is 2.85. The Bertz CT molecular complexity index is 812. The summed E-state index contributed by atoms with van der Waals surface area (Å²) in [5, 5.41) is 11.2. The van der Waals surface area contributed by atoms with Gasteiger partial charge in [-0.1, -0.05) is 47.7 Å². The summed E-state index contributed by atoms with van der Waals surface area (Å²) in [6, 6.07) is 18.2. The maximum Gasteiger partial charge on any atom is 0.242 e. The van der Waals surface area contributed by atoms with Crippen LogP contribution in [0.15, 0.2) is 54.6 Å². The molecule has 2 atom stereocenters. The van der Waals surface area contributed by atoms with Gasteiger partial charge in [-0.3, -0.25) is 4.79 Å². The molecule has 1 aromatic heterocycles. The average molecular weight is 292 g/mol. The van der Waals surface area contributed by atoms with Gasteiger partial charge in [0.15, 0.2) is 0 Å². The minimum Gasteiger partial charge on any atom is -0.351 e. The second-order valence-corrected chi connectivity index (χ2v) is 5.66. The Morgan fingerprint density at radius 3 is 2.77 bits per heavy atom. The third-order valence-electron chi connectivity index (χ3n) is 4.08. The zero-order valence-corrected chi connectivity index (χ0v) is 12.0. The topological polar surface area (TPSA) is 59.8 Å². The van der Waals surface area contributed by atoms with E-state index in [2.05, 4.69) is 27.8 Å². The first-order valence-corrected chi connectivity index (χ1v) is 7.44. The standard InChI is InChI=1S/C17H16N4O/c22-17(11-21-16-9-5-4-8-14(16)19-20-21)18-15-10-13(15)12-6-2-1-3-7-12/h1-9,13,15H,10-11H2,(H,18,22)/t13-,15-/m0/s1. The molecule has 110 valence electrons. The summed E-state index contributed by atoms with van der Waals surface area (Å²) in [7, 11) is 0. The Morgan fingerprint density at radius 1 is 1.14 bits per heavy atom. The number of aromatic nitrogens is 3. The third-order valence-corrected chi connectivity index (χ3v) is 4.08. The number of hydrogen-bond donors (Lipinski definition) is 1. The molecule has 1 aliphatic carbocycles. The Balaban J connectivity index is 1.40. The minimum absolute atomic E-state index is 0.0147. The molecule has 1 heterocycles. The molecule has 0 aliphatic heterocycles. The van der Waals surface area contributed by atoms with Crippen LogP contribution in [0.1, 0.15) is 17.9 Å². The molecule has 1 amide bonds. The number of carbonyl (C=O) groups is 1. The van der Waals surface area contributed by atoms with Crippen molar-refractivity contribution in [1.29, 1.82) is 0 Å². The Hall–Kier alpha value is -2.69. The highest BCUT2D eigenvalue weighted by molar-refractivity contribution is 5.80. The zero-order valence-electron chi connectivity index (χ0n) is 12.0. The van der Waals surface area contributed by atoms with Gasteiger partial charge in [-0.2, -0.15) is 0 Å². The predicted octanol–water partition coefficient (Wildman–Crippen LogP) is 2.10. The molecule has 1 aliphatic rings. The van der Waals surface area contributed by atoms with E-state index in [-0.39, 0.29) is 18.5 Å². The molecule has 1 fully saturated rings. The third kappa shape index (κ3) is 2.45. The van der Waals surface area contributed by atoms with E-state index >= 15 is 0 Å². The van der Waals surface area contributed by atoms with Gasteiger partial charge in [-0.25, -0.2) is 4.68 Å². The SMILES string of the molecule is O=C(Cn1nnc2ccccc21)N[C@H]1C[C@H]1c1ccccc1. The summed E-state index contributed by atoms with van der Waals surface area (Å²) in [6.45, 7) is 0.207. The second kappa shape index (κ2) is 5.26. The molecular formula is C17H16N4O. The number of rotatable bonds is 4. The summed E-state index contributed by atoms with van der Waals surface area (Å²) in [4.78, 5) is 12.2. The minimum atomic E-state index is -0.0147. The van der Waals surface area contributed by atoms with Gasteiger partial charge in [0, 0.05) is 12.0 Å². The molecular weight excluding hydrogens is 276 g/mol. The highest BCUT2D eigenvalue weighted by Gasteiger charge is 2.39. The van der Waals surface area contributed by atoms with Crippen molar-refractivity contribution in [3.05, 3.63) is 60.2 Å². The van der Waals surface area contributed by atoms with Gasteiger partial charge in [-0.05, 0) is 24.1 Å². The summed E-state index contributed by atoms with van der Waals surface area (Å²) < 4.78 is 1.64. The molecule has 2 aromatic carbocycles. The van der Waals surface area contributed by atoms with Gasteiger partial charge >= 0.3 is 0 Å². The number of amides is 1. The van der Waals surface area contributed by atoms with E-state index in [1.54, 1.807) is 4.68 Å². The molecule has 0 radical (unpaired) electrons. The van der Waals surface area contributed by atoms with Crippen LogP contribution in [-0.4, -0.2) is 26.9 Å². The molecule has 5 heteroatoms. The lowest BCUT2D eigenvalue weighted by Gasteiger charge is -2.05. The first-order chi connectivity index (χ1) is 10.8. The van der Waals surface area contributed by atoms with Crippen LogP contribution in [0.4, 0.5) is 0 Å². The van der Waals surface area contributed by atoms with Crippen molar-refractivity contribution in [2.24, 2.45) is 0 Å². The average Bonchev–Trinajstić information content (AvgIpc) is 3.20. The first-order valence-electron chi connectivity index (χ1n) is 7.44. The lowest BCUT2D eigenvalue weighted by atomic mass is 10.1. The van der Waals surface area contributed by atoms with Crippen molar-refractivity contribution in [3.8, 4) is 0 Å². The Kier molecular flexibility index (Phi) is 3.11. The van der Waals surface area contributed by atoms with Gasteiger partial charge in [0.1, 0.15) is 12.1 Å². The number of nitrogens with zero attached hydrogens (tertiary/aromatic N) is 3. The van der Waals surface area contributed by atoms with Gasteiger partial charge in [-0.15, -0.1) is 5.10 Å². The molecule has 1 saturated carbocycles. The van der Waals surface area contributed by atoms with Crippen molar-refractivity contribution in [1.82, 2.24) is 20.3 Å². The lowest BCUT2D eigenvalue weighted by molar-refractivity contribution is -0.121. The van der Waals surface area contributed by atoms with Gasteiger partial charge in [0.05, 0.1) is 5.52 Å². The fraction of sp³-hybridized carbons (Fsp3) is 0.235. The maximum atomic E-state index is 12.2. The highest BCUT2D eigenvalue weighted by atomic mass is 16.2. The molecule has 0 saturated heterocycles. The van der Waals surface area contributed by atoms with Gasteiger partial charge in [0.25, 0.3) is 0 Å².